The highest BCUT2D eigenvalue weighted by atomic mass is 19.4. The number of aromatic nitrogens is 1. The van der Waals surface area contributed by atoms with Gasteiger partial charge in [-0.3, -0.25) is 14.4 Å². The number of alkyl halides is 3. The van der Waals surface area contributed by atoms with Gasteiger partial charge in [0.05, 0.1) is 11.5 Å². The number of carbonyl (C=O) groups is 3. The van der Waals surface area contributed by atoms with Gasteiger partial charge < -0.3 is 14.2 Å². The normalized spacial score (nSPS) is 15.3. The Labute approximate surface area is 203 Å². The van der Waals surface area contributed by atoms with Crippen LogP contribution in [0.5, 0.6) is 0 Å². The van der Waals surface area contributed by atoms with Gasteiger partial charge >= 0.3 is 12.1 Å². The lowest BCUT2D eigenvalue weighted by molar-refractivity contribution is -0.152. The fourth-order valence-corrected chi connectivity index (χ4v) is 4.39. The number of carbonyl (C=O) groups excluding carboxylic acids is 3. The first kappa shape index (κ1) is 26.5. The van der Waals surface area contributed by atoms with Crippen molar-refractivity contribution in [2.75, 3.05) is 19.7 Å². The quantitative estimate of drug-likeness (QED) is 0.429. The van der Waals surface area contributed by atoms with E-state index in [4.69, 9.17) is 4.74 Å². The number of ketones is 1. The van der Waals surface area contributed by atoms with Gasteiger partial charge in [0.2, 0.25) is 11.7 Å². The summed E-state index contributed by atoms with van der Waals surface area (Å²) in [5.74, 6) is -1.25. The maximum Gasteiger partial charge on any atom is 0.416 e. The van der Waals surface area contributed by atoms with E-state index in [1.807, 2.05) is 20.8 Å². The predicted octanol–water partition coefficient (Wildman–Crippen LogP) is 5.12. The van der Waals surface area contributed by atoms with Crippen molar-refractivity contribution in [1.82, 2.24) is 9.47 Å². The Morgan fingerprint density at radius 3 is 2.23 bits per heavy atom. The maximum absolute atomic E-state index is 13.1. The molecule has 2 heterocycles. The van der Waals surface area contributed by atoms with Crippen LogP contribution in [-0.4, -0.2) is 46.8 Å². The molecule has 1 aromatic heterocycles. The van der Waals surface area contributed by atoms with Crippen molar-refractivity contribution in [3.8, 4) is 5.69 Å². The van der Waals surface area contributed by atoms with Gasteiger partial charge in [-0.05, 0) is 51.0 Å². The van der Waals surface area contributed by atoms with Gasteiger partial charge in [-0.15, -0.1) is 0 Å². The van der Waals surface area contributed by atoms with Gasteiger partial charge in [0, 0.05) is 41.1 Å². The van der Waals surface area contributed by atoms with Crippen molar-refractivity contribution < 1.29 is 32.3 Å². The minimum Gasteiger partial charge on any atom is -0.457 e. The number of aryl methyl sites for hydroxylation is 1. The molecule has 6 nitrogen and oxygen atoms in total. The van der Waals surface area contributed by atoms with E-state index >= 15 is 0 Å². The van der Waals surface area contributed by atoms with Crippen LogP contribution in [0.4, 0.5) is 13.2 Å². The molecule has 1 amide bonds. The number of rotatable bonds is 5. The van der Waals surface area contributed by atoms with Crippen LogP contribution >= 0.6 is 0 Å². The smallest absolute Gasteiger partial charge is 0.416 e. The predicted molar refractivity (Wildman–Crippen MR) is 124 cm³/mol. The van der Waals surface area contributed by atoms with Gasteiger partial charge in [-0.2, -0.15) is 13.2 Å². The number of esters is 1. The van der Waals surface area contributed by atoms with Crippen molar-refractivity contribution in [2.45, 2.75) is 53.6 Å². The van der Waals surface area contributed by atoms with E-state index in [1.54, 1.807) is 35.4 Å². The average Bonchev–Trinajstić information content (AvgIpc) is 3.09. The summed E-state index contributed by atoms with van der Waals surface area (Å²) in [6.07, 6.45) is -3.54. The highest BCUT2D eigenvalue weighted by molar-refractivity contribution is 5.99. The Hall–Kier alpha value is -3.10. The maximum atomic E-state index is 13.1. The zero-order valence-electron chi connectivity index (χ0n) is 20.7. The molecule has 1 fully saturated rings. The summed E-state index contributed by atoms with van der Waals surface area (Å²) in [5, 5.41) is 0. The van der Waals surface area contributed by atoms with Crippen LogP contribution in [0.1, 0.15) is 60.9 Å². The number of ether oxygens (including phenoxy) is 1. The van der Waals surface area contributed by atoms with Crippen LogP contribution < -0.4 is 0 Å². The monoisotopic (exact) mass is 492 g/mol. The second-order valence-electron chi connectivity index (χ2n) is 10.0. The minimum atomic E-state index is -4.48. The molecule has 0 radical (unpaired) electrons. The van der Waals surface area contributed by atoms with Crippen molar-refractivity contribution in [3.05, 3.63) is 52.8 Å². The number of nitrogens with zero attached hydrogens (tertiary/aromatic N) is 2. The van der Waals surface area contributed by atoms with E-state index in [1.165, 1.54) is 6.07 Å². The first-order chi connectivity index (χ1) is 16.2. The van der Waals surface area contributed by atoms with Crippen LogP contribution in [0.3, 0.4) is 0 Å². The molecule has 0 atom stereocenters. The van der Waals surface area contributed by atoms with Crippen LogP contribution in [0, 0.1) is 25.2 Å². The number of hydrogen-bond donors (Lipinski definition) is 0. The summed E-state index contributed by atoms with van der Waals surface area (Å²) in [5.41, 5.74) is 0.379. The van der Waals surface area contributed by atoms with Crippen molar-refractivity contribution in [1.29, 1.82) is 0 Å². The largest absolute Gasteiger partial charge is 0.457 e. The highest BCUT2D eigenvalue weighted by Gasteiger charge is 2.33. The Kier molecular flexibility index (Phi) is 7.48. The molecule has 1 aromatic carbocycles. The number of amides is 1. The molecule has 9 heteroatoms. The van der Waals surface area contributed by atoms with Crippen LogP contribution in [0.2, 0.25) is 0 Å². The van der Waals surface area contributed by atoms with Crippen LogP contribution in [0.15, 0.2) is 30.3 Å². The van der Waals surface area contributed by atoms with Gasteiger partial charge in [0.15, 0.2) is 6.61 Å². The number of hydrogen-bond acceptors (Lipinski definition) is 4. The summed E-state index contributed by atoms with van der Waals surface area (Å²) in [4.78, 5) is 39.5. The number of likely N-dealkylation sites (tertiary alicyclic amines) is 1. The molecule has 190 valence electrons. The summed E-state index contributed by atoms with van der Waals surface area (Å²) in [6.45, 7) is 9.37. The van der Waals surface area contributed by atoms with Crippen molar-refractivity contribution in [3.63, 3.8) is 0 Å². The van der Waals surface area contributed by atoms with Crippen molar-refractivity contribution >= 4 is 17.7 Å². The van der Waals surface area contributed by atoms with Crippen LogP contribution in [-0.2, 0) is 20.5 Å². The molecule has 0 aliphatic carbocycles. The van der Waals surface area contributed by atoms with E-state index in [9.17, 15) is 27.6 Å². The zero-order valence-corrected chi connectivity index (χ0v) is 20.7. The molecule has 0 unspecified atom stereocenters. The third-order valence-electron chi connectivity index (χ3n) is 6.27. The summed E-state index contributed by atoms with van der Waals surface area (Å²) >= 11 is 0. The zero-order chi connectivity index (χ0) is 26.1. The van der Waals surface area contributed by atoms with Crippen molar-refractivity contribution in [2.24, 2.45) is 11.3 Å². The average molecular weight is 493 g/mol. The lowest BCUT2D eigenvalue weighted by Crippen LogP contribution is -2.45. The molecular formula is C26H31F3N2O4. The summed E-state index contributed by atoms with van der Waals surface area (Å²) in [6, 6.07) is 6.47. The van der Waals surface area contributed by atoms with Gasteiger partial charge in [0.1, 0.15) is 0 Å². The topological polar surface area (TPSA) is 68.6 Å². The molecule has 1 saturated heterocycles. The number of Topliss-reactive ketones (excluding diaryl/α,β-unsaturated/α-hetero) is 1. The van der Waals surface area contributed by atoms with Gasteiger partial charge in [-0.25, -0.2) is 0 Å². The molecule has 0 N–H and O–H groups in total. The van der Waals surface area contributed by atoms with Gasteiger partial charge in [-0.1, -0.05) is 26.8 Å². The van der Waals surface area contributed by atoms with E-state index in [-0.39, 0.29) is 11.8 Å². The molecule has 0 saturated carbocycles. The minimum absolute atomic E-state index is 0.0376. The first-order valence-corrected chi connectivity index (χ1v) is 11.6. The molecule has 3 rings (SSSR count). The Morgan fingerprint density at radius 1 is 1.03 bits per heavy atom. The van der Waals surface area contributed by atoms with E-state index in [0.717, 1.165) is 12.1 Å². The third kappa shape index (κ3) is 5.94. The lowest BCUT2D eigenvalue weighted by Gasteiger charge is -2.34. The number of halogens is 3. The molecule has 35 heavy (non-hydrogen) atoms. The van der Waals surface area contributed by atoms with Gasteiger partial charge in [0.25, 0.3) is 0 Å². The first-order valence-electron chi connectivity index (χ1n) is 11.6. The van der Waals surface area contributed by atoms with E-state index in [0.29, 0.717) is 48.6 Å². The number of piperidine rings is 1. The second kappa shape index (κ2) is 9.87. The fraction of sp³-hybridized carbons (Fsp3) is 0.500. The van der Waals surface area contributed by atoms with E-state index in [2.05, 4.69) is 0 Å². The molecular weight excluding hydrogens is 461 g/mol. The number of benzene rings is 1. The molecule has 0 bridgehead atoms. The Morgan fingerprint density at radius 2 is 1.66 bits per heavy atom. The molecule has 1 aliphatic heterocycles. The Balaban J connectivity index is 1.64. The molecule has 0 spiro atoms. The summed E-state index contributed by atoms with van der Waals surface area (Å²) < 4.78 is 46.2. The third-order valence-corrected chi connectivity index (χ3v) is 6.27. The van der Waals surface area contributed by atoms with Crippen LogP contribution in [0.25, 0.3) is 5.69 Å². The summed E-state index contributed by atoms with van der Waals surface area (Å²) in [7, 11) is 0. The Bertz CT molecular complexity index is 1120. The highest BCUT2D eigenvalue weighted by Crippen LogP contribution is 2.31. The molecule has 2 aromatic rings. The second-order valence-corrected chi connectivity index (χ2v) is 10.0. The SMILES string of the molecule is Cc1cc(C(=O)COC(=O)C2CCN(C(=O)C(C)(C)C)CC2)c(C)n1-c1cccc(C(F)(F)F)c1. The fourth-order valence-electron chi connectivity index (χ4n) is 4.39. The standard InChI is InChI=1S/C26H31F3N2O4/c1-16-13-21(17(2)31(16)20-8-6-7-19(14-20)26(27,28)29)22(32)15-35-23(33)18-9-11-30(12-10-18)24(34)25(3,4)5/h6-8,13-14,18H,9-12,15H2,1-5H3. The lowest BCUT2D eigenvalue weighted by atomic mass is 9.91. The molecule has 1 aliphatic rings. The van der Waals surface area contributed by atoms with E-state index < -0.39 is 35.5 Å².